The van der Waals surface area contributed by atoms with Gasteiger partial charge in [-0.15, -0.1) is 0 Å². The number of rotatable bonds is 6. The van der Waals surface area contributed by atoms with Gasteiger partial charge in [0.25, 0.3) is 0 Å². The number of hydrogen-bond donors (Lipinski definition) is 1. The summed E-state index contributed by atoms with van der Waals surface area (Å²) in [4.78, 5) is 5.84. The normalized spacial score (nSPS) is 16.1. The van der Waals surface area contributed by atoms with Crippen molar-refractivity contribution in [3.05, 3.63) is 0 Å². The van der Waals surface area contributed by atoms with Crippen molar-refractivity contribution in [1.29, 1.82) is 0 Å². The van der Waals surface area contributed by atoms with Gasteiger partial charge >= 0.3 is 0 Å². The lowest BCUT2D eigenvalue weighted by atomic mass is 10.6. The van der Waals surface area contributed by atoms with Crippen LogP contribution in [0.3, 0.4) is 0 Å². The molecular weight excluding hydrogens is 168 g/mol. The molecule has 0 aliphatic heterocycles. The fraction of sp³-hybridized carbons (Fsp3) is 1.00. The fourth-order valence-electron chi connectivity index (χ4n) is 0.869. The van der Waals surface area contributed by atoms with Crippen molar-refractivity contribution in [3.8, 4) is 0 Å². The number of hydrogen-bond acceptors (Lipinski definition) is 2. The van der Waals surface area contributed by atoms with Crippen molar-refractivity contribution in [2.45, 2.75) is 31.7 Å². The van der Waals surface area contributed by atoms with Crippen LogP contribution in [0.15, 0.2) is 0 Å². The minimum atomic E-state index is 0.0531. The molecule has 68 valence electrons. The zero-order valence-corrected chi connectivity index (χ0v) is 11.2. The molecule has 0 radical (unpaired) electrons. The molecule has 0 amide bonds. The second-order valence-electron chi connectivity index (χ2n) is 3.30. The third-order valence-corrected chi connectivity index (χ3v) is 5.93. The van der Waals surface area contributed by atoms with Crippen LogP contribution in [-0.4, -0.2) is 44.4 Å². The highest BCUT2D eigenvalue weighted by Crippen LogP contribution is 1.88. The molecule has 0 aliphatic carbocycles. The molecule has 1 atom stereocenters. The first-order valence-electron chi connectivity index (χ1n) is 4.58. The molecule has 0 heterocycles. The molecule has 0 aliphatic rings. The van der Waals surface area contributed by atoms with E-state index in [1.807, 2.05) is 0 Å². The lowest BCUT2D eigenvalue weighted by molar-refractivity contribution is 0.300. The van der Waals surface area contributed by atoms with Crippen LogP contribution >= 0.6 is 0 Å². The van der Waals surface area contributed by atoms with Gasteiger partial charge in [0.1, 0.15) is 0 Å². The zero-order chi connectivity index (χ0) is 8.69. The summed E-state index contributed by atoms with van der Waals surface area (Å²) < 4.78 is 0. The van der Waals surface area contributed by atoms with E-state index in [0.717, 1.165) is 0 Å². The first kappa shape index (κ1) is 11.4. The summed E-state index contributed by atoms with van der Waals surface area (Å²) >= 11 is 0. The van der Waals surface area contributed by atoms with Crippen LogP contribution in [0.5, 0.6) is 0 Å². The van der Waals surface area contributed by atoms with Gasteiger partial charge < -0.3 is 4.98 Å². The van der Waals surface area contributed by atoms with E-state index < -0.39 is 0 Å². The van der Waals surface area contributed by atoms with E-state index >= 15 is 0 Å². The average Bonchev–Trinajstić information content (AvgIpc) is 1.97. The molecule has 0 aromatic carbocycles. The highest BCUT2D eigenvalue weighted by molar-refractivity contribution is 6.39. The second kappa shape index (κ2) is 7.03. The molecular formula is C7H22N2Si2. The lowest BCUT2D eigenvalue weighted by Crippen LogP contribution is -2.40. The van der Waals surface area contributed by atoms with Crippen molar-refractivity contribution in [1.82, 2.24) is 9.88 Å². The van der Waals surface area contributed by atoms with Crippen LogP contribution in [0.1, 0.15) is 6.92 Å². The Balaban J connectivity index is 3.10. The summed E-state index contributed by atoms with van der Waals surface area (Å²) in [6, 6.07) is 3.04. The van der Waals surface area contributed by atoms with Gasteiger partial charge in [-0.2, -0.15) is 0 Å². The van der Waals surface area contributed by atoms with E-state index in [1.165, 1.54) is 6.04 Å². The summed E-state index contributed by atoms with van der Waals surface area (Å²) in [6.45, 7) is 4.63. The highest BCUT2D eigenvalue weighted by atomic mass is 28.2. The third kappa shape index (κ3) is 6.74. The minimum absolute atomic E-state index is 0.0531. The van der Waals surface area contributed by atoms with Gasteiger partial charge in [-0.3, -0.25) is 4.90 Å². The van der Waals surface area contributed by atoms with Gasteiger partial charge in [-0.1, -0.05) is 18.6 Å². The molecule has 0 saturated heterocycles. The summed E-state index contributed by atoms with van der Waals surface area (Å²) in [6.07, 6.45) is 0.584. The van der Waals surface area contributed by atoms with Crippen molar-refractivity contribution >= 4 is 19.2 Å². The van der Waals surface area contributed by atoms with Gasteiger partial charge in [0.15, 0.2) is 0 Å². The minimum Gasteiger partial charge on any atom is -0.328 e. The second-order valence-corrected chi connectivity index (χ2v) is 6.62. The zero-order valence-electron chi connectivity index (χ0n) is 8.35. The molecule has 1 unspecified atom stereocenters. The average molecular weight is 190 g/mol. The van der Waals surface area contributed by atoms with Crippen LogP contribution in [-0.2, 0) is 0 Å². The monoisotopic (exact) mass is 190 g/mol. The first-order chi connectivity index (χ1) is 5.18. The van der Waals surface area contributed by atoms with E-state index in [4.69, 9.17) is 0 Å². The van der Waals surface area contributed by atoms with Crippen molar-refractivity contribution in [3.63, 3.8) is 0 Å². The molecule has 1 N–H and O–H groups in total. The Kier molecular flexibility index (Phi) is 7.25. The smallest absolute Gasteiger partial charge is 0.0931 e. The molecule has 11 heavy (non-hydrogen) atoms. The summed E-state index contributed by atoms with van der Waals surface area (Å²) in [5, 5.41) is 0. The number of nitrogens with one attached hydrogen (secondary N) is 1. The summed E-state index contributed by atoms with van der Waals surface area (Å²) in [7, 11) is 4.64. The Hall–Kier alpha value is 0.354. The maximum atomic E-state index is 3.60. The van der Waals surface area contributed by atoms with E-state index in [1.54, 1.807) is 6.04 Å². The molecule has 0 spiro atoms. The van der Waals surface area contributed by atoms with Crippen LogP contribution in [0.25, 0.3) is 0 Å². The van der Waals surface area contributed by atoms with E-state index in [2.05, 4.69) is 37.4 Å². The molecule has 0 aromatic heterocycles. The van der Waals surface area contributed by atoms with Crippen LogP contribution in [0.4, 0.5) is 0 Å². The highest BCUT2D eigenvalue weighted by Gasteiger charge is 2.00. The molecule has 4 heteroatoms. The fourth-order valence-corrected chi connectivity index (χ4v) is 4.86. The molecule has 0 saturated carbocycles. The first-order valence-corrected chi connectivity index (χ1v) is 8.70. The lowest BCUT2D eigenvalue weighted by Gasteiger charge is -2.20. The Labute approximate surface area is 75.5 Å². The summed E-state index contributed by atoms with van der Waals surface area (Å²) in [5.41, 5.74) is 0. The van der Waals surface area contributed by atoms with Gasteiger partial charge in [0, 0.05) is 15.7 Å². The van der Waals surface area contributed by atoms with Crippen molar-refractivity contribution in [2.24, 2.45) is 0 Å². The van der Waals surface area contributed by atoms with Crippen LogP contribution < -0.4 is 4.98 Å². The van der Waals surface area contributed by atoms with Gasteiger partial charge in [-0.25, -0.2) is 0 Å². The van der Waals surface area contributed by atoms with Gasteiger partial charge in [0.05, 0.1) is 9.68 Å². The Morgan fingerprint density at radius 1 is 1.36 bits per heavy atom. The van der Waals surface area contributed by atoms with Crippen LogP contribution in [0, 0.1) is 0 Å². The Morgan fingerprint density at radius 2 is 2.00 bits per heavy atom. The largest absolute Gasteiger partial charge is 0.328 e. The Morgan fingerprint density at radius 3 is 2.45 bits per heavy atom. The van der Waals surface area contributed by atoms with Crippen molar-refractivity contribution in [2.75, 3.05) is 14.1 Å². The van der Waals surface area contributed by atoms with E-state index in [-0.39, 0.29) is 9.68 Å². The molecule has 0 fully saturated rings. The van der Waals surface area contributed by atoms with E-state index in [0.29, 0.717) is 15.7 Å². The summed E-state index contributed by atoms with van der Waals surface area (Å²) in [5.74, 6) is 0. The third-order valence-electron chi connectivity index (χ3n) is 1.99. The molecule has 0 bridgehead atoms. The molecule has 2 nitrogen and oxygen atoms in total. The molecule has 0 aromatic rings. The standard InChI is InChI=1S/C7H22N2Si2/c1-7(9(2)3)8-11-6-5-10-4/h7-8H,5-6,10-11H2,1-4H3. The van der Waals surface area contributed by atoms with Gasteiger partial charge in [-0.05, 0) is 21.0 Å². The topological polar surface area (TPSA) is 15.3 Å². The quantitative estimate of drug-likeness (QED) is 0.349. The van der Waals surface area contributed by atoms with Crippen LogP contribution in [0.2, 0.25) is 18.6 Å². The predicted molar refractivity (Wildman–Crippen MR) is 58.9 cm³/mol. The molecule has 0 rings (SSSR count). The van der Waals surface area contributed by atoms with Crippen molar-refractivity contribution < 1.29 is 0 Å². The van der Waals surface area contributed by atoms with E-state index in [9.17, 15) is 0 Å². The predicted octanol–water partition coefficient (Wildman–Crippen LogP) is -0.379. The maximum Gasteiger partial charge on any atom is 0.0931 e. The number of nitrogens with zero attached hydrogens (tertiary/aromatic N) is 1. The maximum absolute atomic E-state index is 3.60. The SMILES string of the molecule is C[SiH2]CC[SiH2]NC(C)N(C)C. The van der Waals surface area contributed by atoms with Gasteiger partial charge in [0.2, 0.25) is 0 Å². The Bertz CT molecular complexity index is 88.5.